The highest BCUT2D eigenvalue weighted by molar-refractivity contribution is 7.89. The number of amides is 1. The van der Waals surface area contributed by atoms with Crippen molar-refractivity contribution >= 4 is 21.6 Å². The van der Waals surface area contributed by atoms with Crippen LogP contribution in [-0.4, -0.2) is 40.7 Å². The summed E-state index contributed by atoms with van der Waals surface area (Å²) in [5, 5.41) is 2.82. The van der Waals surface area contributed by atoms with E-state index in [-0.39, 0.29) is 22.3 Å². The highest BCUT2D eigenvalue weighted by Gasteiger charge is 2.26. The third kappa shape index (κ3) is 6.64. The molecule has 1 saturated carbocycles. The largest absolute Gasteiger partial charge is 0.495 e. The number of carbonyl (C=O) groups excluding carboxylic acids is 1. The minimum atomic E-state index is -3.84. The van der Waals surface area contributed by atoms with E-state index in [9.17, 15) is 13.2 Å². The zero-order valence-electron chi connectivity index (χ0n) is 20.1. The zero-order valence-corrected chi connectivity index (χ0v) is 20.9. The van der Waals surface area contributed by atoms with Crippen LogP contribution in [0.1, 0.15) is 62.7 Å². The molecular weight excluding hydrogens is 456 g/mol. The Labute approximate surface area is 202 Å². The number of methoxy groups -OCH3 is 1. The smallest absolute Gasteiger partial charge is 0.255 e. The predicted molar refractivity (Wildman–Crippen MR) is 132 cm³/mol. The summed E-state index contributed by atoms with van der Waals surface area (Å²) in [6.07, 6.45) is 5.31. The molecule has 2 aromatic rings. The fourth-order valence-electron chi connectivity index (χ4n) is 3.80. The van der Waals surface area contributed by atoms with E-state index in [2.05, 4.69) is 10.0 Å². The Kier molecular flexibility index (Phi) is 9.18. The molecule has 0 atom stereocenters. The lowest BCUT2D eigenvalue weighted by atomic mass is 10.2. The van der Waals surface area contributed by atoms with Crippen molar-refractivity contribution in [2.45, 2.75) is 63.3 Å². The Bertz CT molecular complexity index is 1080. The van der Waals surface area contributed by atoms with Crippen molar-refractivity contribution in [1.82, 2.24) is 4.72 Å². The molecule has 0 bridgehead atoms. The van der Waals surface area contributed by atoms with Gasteiger partial charge in [0, 0.05) is 23.4 Å². The molecule has 0 spiro atoms. The molecule has 8 nitrogen and oxygen atoms in total. The average molecular weight is 491 g/mol. The molecule has 1 aliphatic rings. The van der Waals surface area contributed by atoms with E-state index < -0.39 is 15.9 Å². The molecule has 9 heteroatoms. The van der Waals surface area contributed by atoms with Crippen molar-refractivity contribution in [3.63, 3.8) is 0 Å². The normalized spacial score (nSPS) is 14.1. The van der Waals surface area contributed by atoms with E-state index in [1.165, 1.54) is 25.3 Å². The highest BCUT2D eigenvalue weighted by atomic mass is 32.2. The SMILES string of the molecule is CCCOc1ccc(NC(=O)c2ccc(OC)c(S(=O)(=O)NC3CCCC3)c2)cc1OCCC. The van der Waals surface area contributed by atoms with Crippen molar-refractivity contribution in [3.8, 4) is 17.2 Å². The van der Waals surface area contributed by atoms with Crippen molar-refractivity contribution in [2.75, 3.05) is 25.6 Å². The van der Waals surface area contributed by atoms with E-state index in [0.29, 0.717) is 30.4 Å². The van der Waals surface area contributed by atoms with Crippen LogP contribution in [0.15, 0.2) is 41.3 Å². The van der Waals surface area contributed by atoms with Gasteiger partial charge in [-0.25, -0.2) is 13.1 Å². The van der Waals surface area contributed by atoms with Crippen LogP contribution >= 0.6 is 0 Å². The van der Waals surface area contributed by atoms with E-state index in [1.54, 1.807) is 18.2 Å². The number of anilines is 1. The van der Waals surface area contributed by atoms with Gasteiger partial charge in [0.25, 0.3) is 5.91 Å². The van der Waals surface area contributed by atoms with Gasteiger partial charge in [-0.1, -0.05) is 26.7 Å². The molecule has 0 aliphatic heterocycles. The summed E-state index contributed by atoms with van der Waals surface area (Å²) >= 11 is 0. The molecule has 2 aromatic carbocycles. The van der Waals surface area contributed by atoms with Gasteiger partial charge < -0.3 is 19.5 Å². The van der Waals surface area contributed by atoms with Crippen molar-refractivity contribution in [2.24, 2.45) is 0 Å². The van der Waals surface area contributed by atoms with Crippen molar-refractivity contribution in [3.05, 3.63) is 42.0 Å². The minimum Gasteiger partial charge on any atom is -0.495 e. The monoisotopic (exact) mass is 490 g/mol. The maximum atomic E-state index is 13.0. The number of benzene rings is 2. The molecule has 3 rings (SSSR count). The second-order valence-corrected chi connectivity index (χ2v) is 9.96. The van der Waals surface area contributed by atoms with Gasteiger partial charge in [0.15, 0.2) is 11.5 Å². The molecule has 1 aliphatic carbocycles. The Balaban J connectivity index is 1.82. The standard InChI is InChI=1S/C25H34N2O6S/c1-4-14-32-21-13-11-20(17-23(21)33-15-5-2)26-25(28)18-10-12-22(31-3)24(16-18)34(29,30)27-19-8-6-7-9-19/h10-13,16-17,19,27H,4-9,14-15H2,1-3H3,(H,26,28). The first-order valence-corrected chi connectivity index (χ1v) is 13.3. The third-order valence-corrected chi connectivity index (χ3v) is 7.06. The van der Waals surface area contributed by atoms with Crippen LogP contribution in [0.25, 0.3) is 0 Å². The predicted octanol–water partition coefficient (Wildman–Crippen LogP) is 4.75. The lowest BCUT2D eigenvalue weighted by Crippen LogP contribution is -2.33. The van der Waals surface area contributed by atoms with Crippen LogP contribution in [-0.2, 0) is 10.0 Å². The number of ether oxygens (including phenoxy) is 3. The van der Waals surface area contributed by atoms with Crippen molar-refractivity contribution < 1.29 is 27.4 Å². The quantitative estimate of drug-likeness (QED) is 0.445. The lowest BCUT2D eigenvalue weighted by molar-refractivity contribution is 0.102. The van der Waals surface area contributed by atoms with Gasteiger partial charge in [0.1, 0.15) is 10.6 Å². The van der Waals surface area contributed by atoms with Crippen LogP contribution in [0, 0.1) is 0 Å². The maximum Gasteiger partial charge on any atom is 0.255 e. The number of nitrogens with one attached hydrogen (secondary N) is 2. The molecule has 34 heavy (non-hydrogen) atoms. The van der Waals surface area contributed by atoms with Crippen LogP contribution in [0.2, 0.25) is 0 Å². The maximum absolute atomic E-state index is 13.0. The van der Waals surface area contributed by atoms with Gasteiger partial charge >= 0.3 is 0 Å². The van der Waals surface area contributed by atoms with E-state index in [4.69, 9.17) is 14.2 Å². The first kappa shape index (κ1) is 25.8. The third-order valence-electron chi connectivity index (χ3n) is 5.52. The minimum absolute atomic E-state index is 0.0511. The molecule has 1 fully saturated rings. The van der Waals surface area contributed by atoms with Gasteiger partial charge in [-0.3, -0.25) is 4.79 Å². The van der Waals surface area contributed by atoms with E-state index in [1.807, 2.05) is 13.8 Å². The molecule has 186 valence electrons. The van der Waals surface area contributed by atoms with Crippen LogP contribution < -0.4 is 24.2 Å². The van der Waals surface area contributed by atoms with Crippen LogP contribution in [0.4, 0.5) is 5.69 Å². The second kappa shape index (κ2) is 12.1. The summed E-state index contributed by atoms with van der Waals surface area (Å²) in [7, 11) is -2.43. The fraction of sp³-hybridized carbons (Fsp3) is 0.480. The Morgan fingerprint density at radius 1 is 0.941 bits per heavy atom. The molecule has 1 amide bonds. The van der Waals surface area contributed by atoms with E-state index in [0.717, 1.165) is 38.5 Å². The van der Waals surface area contributed by atoms with Gasteiger partial charge in [-0.2, -0.15) is 0 Å². The summed E-state index contributed by atoms with van der Waals surface area (Å²) in [4.78, 5) is 12.9. The number of sulfonamides is 1. The average Bonchev–Trinajstić information content (AvgIpc) is 3.33. The van der Waals surface area contributed by atoms with Crippen LogP contribution in [0.3, 0.4) is 0 Å². The topological polar surface area (TPSA) is 103 Å². The number of hydrogen-bond acceptors (Lipinski definition) is 6. The number of carbonyl (C=O) groups is 1. The van der Waals surface area contributed by atoms with Gasteiger partial charge in [-0.15, -0.1) is 0 Å². The molecule has 0 unspecified atom stereocenters. The molecule has 2 N–H and O–H groups in total. The molecular formula is C25H34N2O6S. The van der Waals surface area contributed by atoms with Gasteiger partial charge in [0.05, 0.1) is 20.3 Å². The van der Waals surface area contributed by atoms with Crippen LogP contribution in [0.5, 0.6) is 17.2 Å². The number of hydrogen-bond donors (Lipinski definition) is 2. The molecule has 0 aromatic heterocycles. The Morgan fingerprint density at radius 3 is 2.24 bits per heavy atom. The Hall–Kier alpha value is -2.78. The molecule has 0 saturated heterocycles. The molecule has 0 radical (unpaired) electrons. The summed E-state index contributed by atoms with van der Waals surface area (Å²) in [5.74, 6) is 0.911. The van der Waals surface area contributed by atoms with Crippen molar-refractivity contribution in [1.29, 1.82) is 0 Å². The first-order valence-electron chi connectivity index (χ1n) is 11.8. The summed E-state index contributed by atoms with van der Waals surface area (Å²) in [5.41, 5.74) is 0.721. The number of rotatable bonds is 12. The zero-order chi connectivity index (χ0) is 24.6. The second-order valence-electron chi connectivity index (χ2n) is 8.28. The fourth-order valence-corrected chi connectivity index (χ4v) is 5.30. The molecule has 0 heterocycles. The highest BCUT2D eigenvalue weighted by Crippen LogP contribution is 2.32. The lowest BCUT2D eigenvalue weighted by Gasteiger charge is -2.16. The summed E-state index contributed by atoms with van der Waals surface area (Å²) < 4.78 is 45.6. The first-order chi connectivity index (χ1) is 16.4. The van der Waals surface area contributed by atoms with E-state index >= 15 is 0 Å². The van der Waals surface area contributed by atoms with Gasteiger partial charge in [0.2, 0.25) is 10.0 Å². The Morgan fingerprint density at radius 2 is 1.59 bits per heavy atom. The van der Waals surface area contributed by atoms with Gasteiger partial charge in [-0.05, 0) is 56.0 Å². The summed E-state index contributed by atoms with van der Waals surface area (Å²) in [6, 6.07) is 9.48. The summed E-state index contributed by atoms with van der Waals surface area (Å²) in [6.45, 7) is 5.11.